The molecule has 0 unspecified atom stereocenters. The highest BCUT2D eigenvalue weighted by molar-refractivity contribution is 7.89. The number of ether oxygens (including phenoxy) is 1. The number of sulfonamides is 1. The minimum atomic E-state index is -3.86. The second kappa shape index (κ2) is 7.91. The molecule has 2 aromatic carbocycles. The van der Waals surface area contributed by atoms with Crippen LogP contribution in [0, 0.1) is 6.92 Å². The molecule has 0 atom stereocenters. The predicted octanol–water partition coefficient (Wildman–Crippen LogP) is 3.54. The number of thiophene rings is 1. The Kier molecular flexibility index (Phi) is 5.59. The maximum absolute atomic E-state index is 12.5. The van der Waals surface area contributed by atoms with Gasteiger partial charge in [0, 0.05) is 16.1 Å². The van der Waals surface area contributed by atoms with Crippen molar-refractivity contribution in [3.63, 3.8) is 0 Å². The third kappa shape index (κ3) is 4.94. The molecule has 1 amide bonds. The molecular formula is C19H18N2O4S2. The summed E-state index contributed by atoms with van der Waals surface area (Å²) >= 11 is 1.60. The van der Waals surface area contributed by atoms with Gasteiger partial charge >= 0.3 is 0 Å². The van der Waals surface area contributed by atoms with Gasteiger partial charge in [-0.3, -0.25) is 4.79 Å². The third-order valence-electron chi connectivity index (χ3n) is 3.81. The average molecular weight is 402 g/mol. The zero-order valence-corrected chi connectivity index (χ0v) is 16.1. The highest BCUT2D eigenvalue weighted by atomic mass is 32.2. The van der Waals surface area contributed by atoms with Gasteiger partial charge in [-0.15, -0.1) is 11.3 Å². The van der Waals surface area contributed by atoms with E-state index in [0.29, 0.717) is 29.2 Å². The maximum Gasteiger partial charge on any atom is 0.255 e. The van der Waals surface area contributed by atoms with Crippen LogP contribution in [-0.4, -0.2) is 14.3 Å². The SMILES string of the molecule is Cc1ccc(NC(=O)c2cccc(OCc3cccs3)c2)cc1S(N)(=O)=O. The first-order valence-corrected chi connectivity index (χ1v) is 10.5. The van der Waals surface area contributed by atoms with Gasteiger partial charge in [0.05, 0.1) is 4.90 Å². The van der Waals surface area contributed by atoms with E-state index < -0.39 is 10.0 Å². The molecule has 1 aromatic heterocycles. The summed E-state index contributed by atoms with van der Waals surface area (Å²) in [6, 6.07) is 15.3. The highest BCUT2D eigenvalue weighted by Crippen LogP contribution is 2.21. The molecule has 3 rings (SSSR count). The predicted molar refractivity (Wildman–Crippen MR) is 106 cm³/mol. The maximum atomic E-state index is 12.5. The standard InChI is InChI=1S/C19H18N2O4S2/c1-13-7-8-15(11-18(13)27(20,23)24)21-19(22)14-4-2-5-16(10-14)25-12-17-6-3-9-26-17/h2-11H,12H2,1H3,(H,21,22)(H2,20,23,24). The molecule has 0 aliphatic heterocycles. The monoisotopic (exact) mass is 402 g/mol. The number of anilines is 1. The Hall–Kier alpha value is -2.68. The number of aryl methyl sites for hydroxylation is 1. The molecule has 0 saturated carbocycles. The lowest BCUT2D eigenvalue weighted by Crippen LogP contribution is -2.16. The van der Waals surface area contributed by atoms with Crippen molar-refractivity contribution >= 4 is 33.0 Å². The number of carbonyl (C=O) groups excluding carboxylic acids is 1. The molecule has 3 N–H and O–H groups in total. The van der Waals surface area contributed by atoms with E-state index in [9.17, 15) is 13.2 Å². The summed E-state index contributed by atoms with van der Waals surface area (Å²) in [7, 11) is -3.86. The number of carbonyl (C=O) groups is 1. The van der Waals surface area contributed by atoms with E-state index in [-0.39, 0.29) is 10.8 Å². The summed E-state index contributed by atoms with van der Waals surface area (Å²) in [6.07, 6.45) is 0. The molecular weight excluding hydrogens is 384 g/mol. The zero-order chi connectivity index (χ0) is 19.4. The number of nitrogens with one attached hydrogen (secondary N) is 1. The first-order chi connectivity index (χ1) is 12.8. The van der Waals surface area contributed by atoms with E-state index in [1.165, 1.54) is 6.07 Å². The van der Waals surface area contributed by atoms with Crippen molar-refractivity contribution in [3.05, 3.63) is 76.0 Å². The van der Waals surface area contributed by atoms with Crippen LogP contribution in [0.2, 0.25) is 0 Å². The number of nitrogens with two attached hydrogens (primary N) is 1. The molecule has 0 aliphatic rings. The third-order valence-corrected chi connectivity index (χ3v) is 5.71. The summed E-state index contributed by atoms with van der Waals surface area (Å²) in [6.45, 7) is 2.07. The first-order valence-electron chi connectivity index (χ1n) is 8.03. The van der Waals surface area contributed by atoms with E-state index in [0.717, 1.165) is 4.88 Å². The minimum Gasteiger partial charge on any atom is -0.488 e. The number of hydrogen-bond acceptors (Lipinski definition) is 5. The van der Waals surface area contributed by atoms with Crippen LogP contribution in [0.15, 0.2) is 64.9 Å². The van der Waals surface area contributed by atoms with E-state index in [1.807, 2.05) is 17.5 Å². The van der Waals surface area contributed by atoms with Gasteiger partial charge in [0.25, 0.3) is 5.91 Å². The van der Waals surface area contributed by atoms with Crippen LogP contribution in [0.3, 0.4) is 0 Å². The molecule has 0 fully saturated rings. The number of hydrogen-bond donors (Lipinski definition) is 2. The molecule has 6 nitrogen and oxygen atoms in total. The zero-order valence-electron chi connectivity index (χ0n) is 14.5. The van der Waals surface area contributed by atoms with Crippen LogP contribution in [0.25, 0.3) is 0 Å². The van der Waals surface area contributed by atoms with Gasteiger partial charge in [0.2, 0.25) is 10.0 Å². The molecule has 0 radical (unpaired) electrons. The van der Waals surface area contributed by atoms with Gasteiger partial charge in [-0.2, -0.15) is 0 Å². The van der Waals surface area contributed by atoms with E-state index >= 15 is 0 Å². The van der Waals surface area contributed by atoms with Gasteiger partial charge < -0.3 is 10.1 Å². The van der Waals surface area contributed by atoms with Gasteiger partial charge in [-0.1, -0.05) is 18.2 Å². The molecule has 0 spiro atoms. The van der Waals surface area contributed by atoms with Crippen LogP contribution in [0.4, 0.5) is 5.69 Å². The summed E-state index contributed by atoms with van der Waals surface area (Å²) in [4.78, 5) is 13.6. The Morgan fingerprint density at radius 3 is 2.67 bits per heavy atom. The largest absolute Gasteiger partial charge is 0.488 e. The number of amides is 1. The summed E-state index contributed by atoms with van der Waals surface area (Å²) in [5.41, 5.74) is 1.26. The Morgan fingerprint density at radius 2 is 1.96 bits per heavy atom. The van der Waals surface area contributed by atoms with Crippen molar-refractivity contribution in [2.45, 2.75) is 18.4 Å². The molecule has 8 heteroatoms. The van der Waals surface area contributed by atoms with Gasteiger partial charge in [0.1, 0.15) is 12.4 Å². The lowest BCUT2D eigenvalue weighted by molar-refractivity contribution is 0.102. The lowest BCUT2D eigenvalue weighted by atomic mass is 10.2. The van der Waals surface area contributed by atoms with Crippen molar-refractivity contribution in [2.75, 3.05) is 5.32 Å². The Morgan fingerprint density at radius 1 is 1.15 bits per heavy atom. The average Bonchev–Trinajstić information content (AvgIpc) is 3.14. The summed E-state index contributed by atoms with van der Waals surface area (Å²) in [5.74, 6) is 0.200. The molecule has 0 saturated heterocycles. The van der Waals surface area contributed by atoms with Crippen LogP contribution < -0.4 is 15.2 Å². The van der Waals surface area contributed by atoms with Crippen molar-refractivity contribution in [1.29, 1.82) is 0 Å². The minimum absolute atomic E-state index is 0.0201. The lowest BCUT2D eigenvalue weighted by Gasteiger charge is -2.10. The number of primary sulfonamides is 1. The van der Waals surface area contributed by atoms with Gasteiger partial charge in [0.15, 0.2) is 0 Å². The topological polar surface area (TPSA) is 98.5 Å². The molecule has 0 bridgehead atoms. The summed E-state index contributed by atoms with van der Waals surface area (Å²) < 4.78 is 29.0. The number of rotatable bonds is 6. The summed E-state index contributed by atoms with van der Waals surface area (Å²) in [5, 5.41) is 9.86. The van der Waals surface area contributed by atoms with Gasteiger partial charge in [-0.25, -0.2) is 13.6 Å². The van der Waals surface area contributed by atoms with E-state index in [2.05, 4.69) is 5.32 Å². The molecule has 140 valence electrons. The van der Waals surface area contributed by atoms with E-state index in [1.54, 1.807) is 54.7 Å². The van der Waals surface area contributed by atoms with Crippen LogP contribution >= 0.6 is 11.3 Å². The van der Waals surface area contributed by atoms with Crippen molar-refractivity contribution in [2.24, 2.45) is 5.14 Å². The molecule has 0 aliphatic carbocycles. The molecule has 27 heavy (non-hydrogen) atoms. The quantitative estimate of drug-likeness (QED) is 0.659. The molecule has 3 aromatic rings. The van der Waals surface area contributed by atoms with Crippen LogP contribution in [0.5, 0.6) is 5.75 Å². The highest BCUT2D eigenvalue weighted by Gasteiger charge is 2.14. The smallest absolute Gasteiger partial charge is 0.255 e. The Labute approximate surface area is 161 Å². The normalized spacial score (nSPS) is 11.2. The number of benzene rings is 2. The van der Waals surface area contributed by atoms with E-state index in [4.69, 9.17) is 9.88 Å². The molecule has 1 heterocycles. The Bertz CT molecular complexity index is 1060. The Balaban J connectivity index is 1.74. The van der Waals surface area contributed by atoms with Crippen LogP contribution in [0.1, 0.15) is 20.8 Å². The fourth-order valence-corrected chi connectivity index (χ4v) is 3.89. The first kappa shape index (κ1) is 19.1. The van der Waals surface area contributed by atoms with Crippen molar-refractivity contribution < 1.29 is 17.9 Å². The fourth-order valence-electron chi connectivity index (χ4n) is 2.46. The fraction of sp³-hybridized carbons (Fsp3) is 0.105. The second-order valence-corrected chi connectivity index (χ2v) is 8.44. The van der Waals surface area contributed by atoms with Gasteiger partial charge in [-0.05, 0) is 54.3 Å². The van der Waals surface area contributed by atoms with Crippen LogP contribution in [-0.2, 0) is 16.6 Å². The second-order valence-electron chi connectivity index (χ2n) is 5.88. The van der Waals surface area contributed by atoms with Crippen molar-refractivity contribution in [1.82, 2.24) is 0 Å². The van der Waals surface area contributed by atoms with Crippen molar-refractivity contribution in [3.8, 4) is 5.75 Å².